The molecular weight excluding hydrogens is 293 g/mol. The molecule has 1 aliphatic carbocycles. The van der Waals surface area contributed by atoms with E-state index in [4.69, 9.17) is 11.6 Å². The van der Waals surface area contributed by atoms with Crippen molar-refractivity contribution in [3.05, 3.63) is 17.0 Å². The van der Waals surface area contributed by atoms with Crippen LogP contribution >= 0.6 is 11.6 Å². The van der Waals surface area contributed by atoms with Crippen LogP contribution in [0.3, 0.4) is 0 Å². The standard InChI is InChI=1S/C12H16ClF3N4/c1-7(20(2)8-3-4-8)6-17-10-5-9(13)18-11(19-10)12(14,15)16/h5,7-8H,3-4,6H2,1-2H3,(H,17,18,19). The van der Waals surface area contributed by atoms with Crippen molar-refractivity contribution in [1.29, 1.82) is 0 Å². The van der Waals surface area contributed by atoms with E-state index in [1.807, 2.05) is 14.0 Å². The molecule has 0 amide bonds. The number of alkyl halides is 3. The Bertz CT molecular complexity index is 476. The van der Waals surface area contributed by atoms with Gasteiger partial charge >= 0.3 is 6.18 Å². The van der Waals surface area contributed by atoms with Crippen LogP contribution in [0.15, 0.2) is 6.07 Å². The van der Waals surface area contributed by atoms with Crippen LogP contribution in [-0.4, -0.2) is 40.5 Å². The minimum absolute atomic E-state index is 0.0911. The summed E-state index contributed by atoms with van der Waals surface area (Å²) in [6.45, 7) is 2.51. The van der Waals surface area contributed by atoms with Crippen molar-refractivity contribution in [2.24, 2.45) is 0 Å². The van der Waals surface area contributed by atoms with Crippen molar-refractivity contribution in [1.82, 2.24) is 14.9 Å². The Morgan fingerprint density at radius 1 is 1.45 bits per heavy atom. The molecule has 0 aromatic carbocycles. The number of likely N-dealkylation sites (N-methyl/N-ethyl adjacent to an activating group) is 1. The molecule has 112 valence electrons. The Balaban J connectivity index is 2.00. The van der Waals surface area contributed by atoms with Crippen LogP contribution in [-0.2, 0) is 6.18 Å². The van der Waals surface area contributed by atoms with Crippen LogP contribution in [0, 0.1) is 0 Å². The minimum Gasteiger partial charge on any atom is -0.368 e. The number of nitrogens with zero attached hydrogens (tertiary/aromatic N) is 3. The maximum Gasteiger partial charge on any atom is 0.451 e. The van der Waals surface area contributed by atoms with E-state index < -0.39 is 12.0 Å². The maximum absolute atomic E-state index is 12.6. The summed E-state index contributed by atoms with van der Waals surface area (Å²) in [4.78, 5) is 8.84. The fourth-order valence-electron chi connectivity index (χ4n) is 1.87. The number of aromatic nitrogens is 2. The number of anilines is 1. The van der Waals surface area contributed by atoms with Crippen LogP contribution in [0.25, 0.3) is 0 Å². The van der Waals surface area contributed by atoms with E-state index in [1.165, 1.54) is 18.9 Å². The van der Waals surface area contributed by atoms with E-state index in [0.29, 0.717) is 12.6 Å². The Kier molecular flexibility index (Phi) is 4.39. The molecule has 1 unspecified atom stereocenters. The van der Waals surface area contributed by atoms with Gasteiger partial charge in [-0.2, -0.15) is 13.2 Å². The molecule has 0 bridgehead atoms. The van der Waals surface area contributed by atoms with Crippen LogP contribution in [0.4, 0.5) is 19.0 Å². The molecular formula is C12H16ClF3N4. The van der Waals surface area contributed by atoms with Gasteiger partial charge in [-0.25, -0.2) is 9.97 Å². The highest BCUT2D eigenvalue weighted by Gasteiger charge is 2.35. The first-order chi connectivity index (χ1) is 9.27. The van der Waals surface area contributed by atoms with Crippen molar-refractivity contribution < 1.29 is 13.2 Å². The van der Waals surface area contributed by atoms with Gasteiger partial charge in [0.2, 0.25) is 5.82 Å². The molecule has 4 nitrogen and oxygen atoms in total. The number of halogens is 4. The van der Waals surface area contributed by atoms with Crippen molar-refractivity contribution in [3.63, 3.8) is 0 Å². The smallest absolute Gasteiger partial charge is 0.368 e. The molecule has 1 atom stereocenters. The van der Waals surface area contributed by atoms with Crippen molar-refractivity contribution >= 4 is 17.4 Å². The van der Waals surface area contributed by atoms with Crippen molar-refractivity contribution in [2.45, 2.75) is 38.0 Å². The lowest BCUT2D eigenvalue weighted by molar-refractivity contribution is -0.144. The third-order valence-corrected chi connectivity index (χ3v) is 3.54. The average molecular weight is 309 g/mol. The van der Waals surface area contributed by atoms with E-state index in [9.17, 15) is 13.2 Å². The van der Waals surface area contributed by atoms with Crippen LogP contribution in [0.1, 0.15) is 25.6 Å². The van der Waals surface area contributed by atoms with Crippen LogP contribution in [0.5, 0.6) is 0 Å². The molecule has 1 aromatic rings. The maximum atomic E-state index is 12.6. The summed E-state index contributed by atoms with van der Waals surface area (Å²) >= 11 is 5.59. The van der Waals surface area contributed by atoms with E-state index in [1.54, 1.807) is 0 Å². The molecule has 0 aliphatic heterocycles. The topological polar surface area (TPSA) is 41.1 Å². The Morgan fingerprint density at radius 2 is 2.10 bits per heavy atom. The summed E-state index contributed by atoms with van der Waals surface area (Å²) < 4.78 is 37.7. The van der Waals surface area contributed by atoms with E-state index in [2.05, 4.69) is 20.2 Å². The lowest BCUT2D eigenvalue weighted by Gasteiger charge is -2.24. The van der Waals surface area contributed by atoms with Gasteiger partial charge in [0.1, 0.15) is 11.0 Å². The summed E-state index contributed by atoms with van der Waals surface area (Å²) in [7, 11) is 2.01. The van der Waals surface area contributed by atoms with Gasteiger partial charge in [-0.1, -0.05) is 11.6 Å². The second-order valence-corrected chi connectivity index (χ2v) is 5.41. The molecule has 2 rings (SSSR count). The molecule has 1 aliphatic rings. The normalized spacial score (nSPS) is 17.4. The Labute approximate surface area is 120 Å². The van der Waals surface area contributed by atoms with Crippen molar-refractivity contribution in [2.75, 3.05) is 18.9 Å². The van der Waals surface area contributed by atoms with Gasteiger partial charge in [0.25, 0.3) is 0 Å². The zero-order valence-electron chi connectivity index (χ0n) is 11.2. The number of hydrogen-bond donors (Lipinski definition) is 1. The summed E-state index contributed by atoms with van der Waals surface area (Å²) in [5.41, 5.74) is 0. The summed E-state index contributed by atoms with van der Waals surface area (Å²) in [6.07, 6.45) is -2.24. The number of nitrogens with one attached hydrogen (secondary N) is 1. The highest BCUT2D eigenvalue weighted by atomic mass is 35.5. The minimum atomic E-state index is -4.60. The lowest BCUT2D eigenvalue weighted by Crippen LogP contribution is -2.36. The van der Waals surface area contributed by atoms with Crippen LogP contribution in [0.2, 0.25) is 5.15 Å². The third kappa shape index (κ3) is 3.96. The second kappa shape index (κ2) is 5.73. The zero-order valence-corrected chi connectivity index (χ0v) is 12.0. The fourth-order valence-corrected chi connectivity index (χ4v) is 2.06. The van der Waals surface area contributed by atoms with Gasteiger partial charge in [-0.3, -0.25) is 4.90 Å². The zero-order chi connectivity index (χ0) is 14.9. The molecule has 1 heterocycles. The molecule has 1 aromatic heterocycles. The molecule has 0 spiro atoms. The predicted molar refractivity (Wildman–Crippen MR) is 70.8 cm³/mol. The third-order valence-electron chi connectivity index (χ3n) is 3.35. The molecule has 0 radical (unpaired) electrons. The number of hydrogen-bond acceptors (Lipinski definition) is 4. The summed E-state index contributed by atoms with van der Waals surface area (Å²) in [5.74, 6) is -1.14. The largest absolute Gasteiger partial charge is 0.451 e. The summed E-state index contributed by atoms with van der Waals surface area (Å²) in [5, 5.41) is 2.66. The quantitative estimate of drug-likeness (QED) is 0.849. The molecule has 0 saturated heterocycles. The highest BCUT2D eigenvalue weighted by Crippen LogP contribution is 2.29. The monoisotopic (exact) mass is 308 g/mol. The van der Waals surface area contributed by atoms with Crippen LogP contribution < -0.4 is 5.32 Å². The average Bonchev–Trinajstić information content (AvgIpc) is 3.17. The fraction of sp³-hybridized carbons (Fsp3) is 0.667. The lowest BCUT2D eigenvalue weighted by atomic mass is 10.3. The van der Waals surface area contributed by atoms with Gasteiger partial charge in [0.15, 0.2) is 0 Å². The molecule has 8 heteroatoms. The van der Waals surface area contributed by atoms with Gasteiger partial charge in [-0.15, -0.1) is 0 Å². The molecule has 1 saturated carbocycles. The van der Waals surface area contributed by atoms with Gasteiger partial charge in [-0.05, 0) is 26.8 Å². The van der Waals surface area contributed by atoms with E-state index in [-0.39, 0.29) is 17.0 Å². The van der Waals surface area contributed by atoms with Gasteiger partial charge in [0.05, 0.1) is 0 Å². The Hall–Kier alpha value is -1.08. The Morgan fingerprint density at radius 3 is 2.65 bits per heavy atom. The van der Waals surface area contributed by atoms with E-state index in [0.717, 1.165) is 0 Å². The molecule has 1 fully saturated rings. The van der Waals surface area contributed by atoms with Crippen molar-refractivity contribution in [3.8, 4) is 0 Å². The molecule has 1 N–H and O–H groups in total. The van der Waals surface area contributed by atoms with Gasteiger partial charge < -0.3 is 5.32 Å². The predicted octanol–water partition coefficient (Wildman–Crippen LogP) is 3.04. The van der Waals surface area contributed by atoms with E-state index >= 15 is 0 Å². The summed E-state index contributed by atoms with van der Waals surface area (Å²) in [6, 6.07) is 2.08. The first-order valence-corrected chi connectivity index (χ1v) is 6.72. The van der Waals surface area contributed by atoms with Gasteiger partial charge in [0, 0.05) is 24.7 Å². The SMILES string of the molecule is CC(CNc1cc(Cl)nc(C(F)(F)F)n1)N(C)C1CC1. The molecule has 20 heavy (non-hydrogen) atoms. The first-order valence-electron chi connectivity index (χ1n) is 6.35. The highest BCUT2D eigenvalue weighted by molar-refractivity contribution is 6.29. The number of rotatable bonds is 5. The second-order valence-electron chi connectivity index (χ2n) is 5.02. The first kappa shape index (κ1) is 15.3.